The second kappa shape index (κ2) is 5.50. The van der Waals surface area contributed by atoms with E-state index in [1.165, 1.54) is 18.4 Å². The Labute approximate surface area is 135 Å². The normalized spacial score (nSPS) is 14.7. The molecule has 0 radical (unpaired) electrons. The van der Waals surface area contributed by atoms with Crippen molar-refractivity contribution in [2.45, 2.75) is 25.4 Å². The van der Waals surface area contributed by atoms with Gasteiger partial charge in [0.2, 0.25) is 0 Å². The summed E-state index contributed by atoms with van der Waals surface area (Å²) >= 11 is 1.23. The maximum atomic E-state index is 12.1. The van der Waals surface area contributed by atoms with E-state index in [0.29, 0.717) is 10.8 Å². The average molecular weight is 334 g/mol. The lowest BCUT2D eigenvalue weighted by Crippen LogP contribution is -2.25. The molecule has 0 spiro atoms. The third kappa shape index (κ3) is 2.59. The Kier molecular flexibility index (Phi) is 3.06. The van der Waals surface area contributed by atoms with Crippen molar-refractivity contribution >= 4 is 11.3 Å². The summed E-state index contributed by atoms with van der Waals surface area (Å²) in [5.41, 5.74) is 0.957. The van der Waals surface area contributed by atoms with Gasteiger partial charge in [0.05, 0.1) is 12.6 Å². The van der Waals surface area contributed by atoms with Crippen LogP contribution in [0.1, 0.15) is 31.4 Å². The molecule has 3 aromatic rings. The summed E-state index contributed by atoms with van der Waals surface area (Å²) in [6.07, 6.45) is 2.16. The smallest absolute Gasteiger partial charge is 0.369 e. The van der Waals surface area contributed by atoms with Gasteiger partial charge in [-0.3, -0.25) is 0 Å². The van der Waals surface area contributed by atoms with Crippen LogP contribution < -0.4 is 10.4 Å². The molecule has 0 atom stereocenters. The van der Waals surface area contributed by atoms with E-state index in [1.807, 2.05) is 0 Å². The Morgan fingerprint density at radius 1 is 1.43 bits per heavy atom. The fourth-order valence-corrected chi connectivity index (χ4v) is 2.61. The van der Waals surface area contributed by atoms with E-state index in [0.717, 1.165) is 27.9 Å². The highest BCUT2D eigenvalue weighted by Gasteiger charge is 2.31. The predicted octanol–water partition coefficient (Wildman–Crippen LogP) is 0.0639. The van der Waals surface area contributed by atoms with Crippen LogP contribution in [0.4, 0.5) is 0 Å². The number of nitrogens with zero attached hydrogens (tertiary/aromatic N) is 8. The second-order valence-corrected chi connectivity index (χ2v) is 5.90. The summed E-state index contributed by atoms with van der Waals surface area (Å²) in [6.45, 7) is 0.111. The molecule has 3 heterocycles. The van der Waals surface area contributed by atoms with Crippen LogP contribution in [0.2, 0.25) is 0 Å². The number of aryl methyl sites for hydroxylation is 1. The van der Waals surface area contributed by atoms with Crippen LogP contribution in [0, 0.1) is 0 Å². The van der Waals surface area contributed by atoms with Crippen molar-refractivity contribution in [2.24, 2.45) is 7.05 Å². The minimum atomic E-state index is -0.429. The molecule has 23 heavy (non-hydrogen) atoms. The lowest BCUT2D eigenvalue weighted by Gasteiger charge is -2.10. The molecule has 10 nitrogen and oxygen atoms in total. The average Bonchev–Trinajstić information content (AvgIpc) is 3.27. The molecule has 0 N–H and O–H groups in total. The van der Waals surface area contributed by atoms with Gasteiger partial charge in [-0.05, 0) is 28.5 Å². The summed E-state index contributed by atoms with van der Waals surface area (Å²) in [5.74, 6) is 0.543. The standard InChI is InChI=1S/C12H12N8O2S/c1-19-12(21)20(18-17-19)10-8(6-22-11-13-4-5-23-11)9(7-2-3-7)14-16-15-10/h4-5,7H,2-3,6H2,1H3/i4T. The van der Waals surface area contributed by atoms with Gasteiger partial charge in [0.25, 0.3) is 5.19 Å². The topological polar surface area (TPSA) is 113 Å². The molecule has 1 aliphatic carbocycles. The van der Waals surface area contributed by atoms with Crippen LogP contribution in [0.15, 0.2) is 16.3 Å². The number of tetrazole rings is 1. The Bertz CT molecular complexity index is 947. The molecular formula is C12H12N8O2S. The molecule has 3 aromatic heterocycles. The third-order valence-corrected chi connectivity index (χ3v) is 4.10. The van der Waals surface area contributed by atoms with Crippen LogP contribution in [0.25, 0.3) is 5.82 Å². The molecule has 0 aromatic carbocycles. The molecule has 0 bridgehead atoms. The zero-order chi connectivity index (χ0) is 16.7. The van der Waals surface area contributed by atoms with E-state index < -0.39 is 5.69 Å². The van der Waals surface area contributed by atoms with Crippen LogP contribution in [-0.2, 0) is 13.7 Å². The molecule has 11 heteroatoms. The van der Waals surface area contributed by atoms with Crippen LogP contribution in [0.5, 0.6) is 5.19 Å². The van der Waals surface area contributed by atoms with Crippen molar-refractivity contribution in [3.63, 3.8) is 0 Å². The highest BCUT2D eigenvalue weighted by molar-refractivity contribution is 7.11. The van der Waals surface area contributed by atoms with Gasteiger partial charge in [-0.1, -0.05) is 11.3 Å². The summed E-state index contributed by atoms with van der Waals surface area (Å²) in [4.78, 5) is 16.1. The minimum Gasteiger partial charge on any atom is -0.465 e. The number of ether oxygens (including phenoxy) is 1. The molecular weight excluding hydrogens is 320 g/mol. The van der Waals surface area contributed by atoms with Crippen LogP contribution in [-0.4, -0.2) is 40.2 Å². The molecule has 0 aliphatic heterocycles. The monoisotopic (exact) mass is 334 g/mol. The van der Waals surface area contributed by atoms with E-state index >= 15 is 0 Å². The maximum absolute atomic E-state index is 12.1. The van der Waals surface area contributed by atoms with Crippen molar-refractivity contribution in [1.82, 2.24) is 40.2 Å². The van der Waals surface area contributed by atoms with Crippen molar-refractivity contribution in [1.29, 1.82) is 0 Å². The predicted molar refractivity (Wildman–Crippen MR) is 78.4 cm³/mol. The van der Waals surface area contributed by atoms with Crippen molar-refractivity contribution in [2.75, 3.05) is 0 Å². The fraction of sp³-hybridized carbons (Fsp3) is 0.417. The van der Waals surface area contributed by atoms with E-state index in [2.05, 4.69) is 30.8 Å². The minimum absolute atomic E-state index is 0.111. The third-order valence-electron chi connectivity index (χ3n) is 3.47. The molecule has 4 rings (SSSR count). The summed E-state index contributed by atoms with van der Waals surface area (Å²) in [7, 11) is 1.50. The van der Waals surface area contributed by atoms with Crippen LogP contribution >= 0.6 is 11.3 Å². The van der Waals surface area contributed by atoms with Gasteiger partial charge >= 0.3 is 5.69 Å². The van der Waals surface area contributed by atoms with Gasteiger partial charge in [0, 0.05) is 24.5 Å². The molecule has 0 unspecified atom stereocenters. The van der Waals surface area contributed by atoms with Crippen molar-refractivity contribution in [3.8, 4) is 11.0 Å². The lowest BCUT2D eigenvalue weighted by atomic mass is 10.1. The second-order valence-electron chi connectivity index (χ2n) is 5.08. The molecule has 0 amide bonds. The number of rotatable bonds is 5. The Balaban J connectivity index is 1.74. The number of hydrogen-bond donors (Lipinski definition) is 0. The van der Waals surface area contributed by atoms with Gasteiger partial charge in [-0.15, -0.1) is 14.9 Å². The fourth-order valence-electron chi connectivity index (χ4n) is 2.17. The molecule has 1 fully saturated rings. The summed E-state index contributed by atoms with van der Waals surface area (Å²) < 4.78 is 15.3. The quantitative estimate of drug-likeness (QED) is 0.644. The number of aromatic nitrogens is 8. The zero-order valence-corrected chi connectivity index (χ0v) is 12.9. The molecule has 1 saturated carbocycles. The van der Waals surface area contributed by atoms with Crippen LogP contribution in [0.3, 0.4) is 0 Å². The van der Waals surface area contributed by atoms with E-state index in [9.17, 15) is 4.79 Å². The highest BCUT2D eigenvalue weighted by Crippen LogP contribution is 2.41. The largest absolute Gasteiger partial charge is 0.465 e. The van der Waals surface area contributed by atoms with Crippen molar-refractivity contribution in [3.05, 3.63) is 33.3 Å². The number of hydrogen-bond acceptors (Lipinski definition) is 9. The van der Waals surface area contributed by atoms with Crippen molar-refractivity contribution < 1.29 is 6.11 Å². The summed E-state index contributed by atoms with van der Waals surface area (Å²) in [6, 6.07) is 0. The summed E-state index contributed by atoms with van der Waals surface area (Å²) in [5, 5.41) is 21.3. The molecule has 0 saturated heterocycles. The Morgan fingerprint density at radius 2 is 2.30 bits per heavy atom. The van der Waals surface area contributed by atoms with Gasteiger partial charge in [0.15, 0.2) is 5.82 Å². The first-order valence-electron chi connectivity index (χ1n) is 7.40. The first-order valence-corrected chi connectivity index (χ1v) is 7.78. The van der Waals surface area contributed by atoms with Gasteiger partial charge in [-0.2, -0.15) is 4.68 Å². The number of thiazole rings is 1. The van der Waals surface area contributed by atoms with Gasteiger partial charge in [0.1, 0.15) is 6.61 Å². The first kappa shape index (κ1) is 12.8. The first-order chi connectivity index (χ1) is 11.6. The highest BCUT2D eigenvalue weighted by atomic mass is 32.1. The Hall–Kier alpha value is -2.69. The molecule has 1 aliphatic rings. The molecule has 118 valence electrons. The zero-order valence-electron chi connectivity index (χ0n) is 13.1. The van der Waals surface area contributed by atoms with Gasteiger partial charge < -0.3 is 4.74 Å². The lowest BCUT2D eigenvalue weighted by molar-refractivity contribution is 0.300. The maximum Gasteiger partial charge on any atom is 0.369 e. The van der Waals surface area contributed by atoms with E-state index in [-0.39, 0.29) is 24.5 Å². The van der Waals surface area contributed by atoms with E-state index in [4.69, 9.17) is 6.11 Å². The Morgan fingerprint density at radius 3 is 2.96 bits per heavy atom. The van der Waals surface area contributed by atoms with Gasteiger partial charge in [-0.25, -0.2) is 9.78 Å². The van der Waals surface area contributed by atoms with E-state index in [1.54, 1.807) is 5.38 Å². The SMILES string of the molecule is [3H]c1csc(OCc2c(C3CC3)nnnc2-n2nnn(C)c2=O)n1.